The molecule has 2 N–H and O–H groups in total. The molecule has 1 aromatic carbocycles. The molecule has 0 heterocycles. The van der Waals surface area contributed by atoms with Crippen LogP contribution in [0.2, 0.25) is 0 Å². The number of benzene rings is 1. The highest BCUT2D eigenvalue weighted by Crippen LogP contribution is 2.40. The summed E-state index contributed by atoms with van der Waals surface area (Å²) in [6.45, 7) is -1.41. The van der Waals surface area contributed by atoms with Crippen molar-refractivity contribution in [2.24, 2.45) is 0 Å². The molecule has 0 fully saturated rings. The third-order valence-electron chi connectivity index (χ3n) is 3.55. The van der Waals surface area contributed by atoms with Gasteiger partial charge < -0.3 is 0 Å². The third kappa shape index (κ3) is 8.99. The number of fused-ring (bicyclic) bond motifs is 1. The maximum Gasteiger partial charge on any atom is 0.336 e. The minimum absolute atomic E-state index is 0.0199. The van der Waals surface area contributed by atoms with Crippen molar-refractivity contribution >= 4 is 90.2 Å². The van der Waals surface area contributed by atoms with Crippen molar-refractivity contribution in [3.8, 4) is 0 Å². The Bertz CT molecular complexity index is 857. The highest BCUT2D eigenvalue weighted by atomic mass is 35.6. The van der Waals surface area contributed by atoms with Crippen molar-refractivity contribution in [2.45, 2.75) is 26.1 Å². The Morgan fingerprint density at radius 2 is 1.14 bits per heavy atom. The van der Waals surface area contributed by atoms with Crippen LogP contribution < -0.4 is 9.44 Å². The van der Waals surface area contributed by atoms with E-state index in [9.17, 15) is 16.8 Å². The van der Waals surface area contributed by atoms with Crippen LogP contribution in [-0.4, -0.2) is 37.6 Å². The first kappa shape index (κ1) is 26.0. The fourth-order valence-electron chi connectivity index (χ4n) is 2.56. The smallest absolute Gasteiger partial charge is 0.254 e. The summed E-state index contributed by atoms with van der Waals surface area (Å²) in [5.74, 6) is 0. The van der Waals surface area contributed by atoms with Gasteiger partial charge in [-0.3, -0.25) is 8.37 Å². The molecule has 0 radical (unpaired) electrons. The van der Waals surface area contributed by atoms with E-state index in [1.165, 1.54) is 0 Å². The van der Waals surface area contributed by atoms with E-state index < -0.39 is 53.5 Å². The minimum atomic E-state index is -4.30. The van der Waals surface area contributed by atoms with Crippen LogP contribution in [0.5, 0.6) is 0 Å². The second-order valence-electron chi connectivity index (χ2n) is 5.87. The maximum absolute atomic E-state index is 12.1. The molecule has 2 rings (SSSR count). The molecule has 16 heteroatoms. The number of alkyl halides is 6. The van der Waals surface area contributed by atoms with Crippen molar-refractivity contribution in [3.05, 3.63) is 35.4 Å². The van der Waals surface area contributed by atoms with Crippen LogP contribution in [0.15, 0.2) is 24.3 Å². The fourth-order valence-corrected chi connectivity index (χ4v) is 5.22. The predicted octanol–water partition coefficient (Wildman–Crippen LogP) is 3.61. The lowest BCUT2D eigenvalue weighted by Gasteiger charge is -2.17. The van der Waals surface area contributed by atoms with Gasteiger partial charge in [0, 0.05) is 0 Å². The molecule has 1 aromatic rings. The summed E-state index contributed by atoms with van der Waals surface area (Å²) < 4.78 is 58.5. The summed E-state index contributed by atoms with van der Waals surface area (Å²) in [6, 6.07) is 4.97. The second-order valence-corrected chi connectivity index (χ2v) is 13.7. The first-order chi connectivity index (χ1) is 13.1. The van der Waals surface area contributed by atoms with Gasteiger partial charge in [0.2, 0.25) is 7.59 Å². The average molecular weight is 571 g/mol. The van der Waals surface area contributed by atoms with Gasteiger partial charge in [-0.1, -0.05) is 93.9 Å². The van der Waals surface area contributed by atoms with Crippen LogP contribution >= 0.6 is 69.6 Å². The Morgan fingerprint density at radius 1 is 0.793 bits per heavy atom. The number of hydrogen-bond donors (Lipinski definition) is 2. The van der Waals surface area contributed by atoms with E-state index in [4.69, 9.17) is 69.6 Å². The molecular formula is C13H14Cl6N2O6S2. The van der Waals surface area contributed by atoms with E-state index in [0.29, 0.717) is 11.1 Å². The molecule has 29 heavy (non-hydrogen) atoms. The van der Waals surface area contributed by atoms with E-state index in [1.54, 1.807) is 24.3 Å². The molecular weight excluding hydrogens is 557 g/mol. The average Bonchev–Trinajstić information content (AvgIpc) is 2.87. The largest absolute Gasteiger partial charge is 0.336 e. The summed E-state index contributed by atoms with van der Waals surface area (Å²) >= 11 is 32.9. The van der Waals surface area contributed by atoms with E-state index in [0.717, 1.165) is 0 Å². The Balaban J connectivity index is 2.13. The number of rotatable bonds is 8. The summed E-state index contributed by atoms with van der Waals surface area (Å²) in [5.41, 5.74) is 1.06. The zero-order valence-electron chi connectivity index (χ0n) is 14.1. The quantitative estimate of drug-likeness (QED) is 0.462. The minimum Gasteiger partial charge on any atom is -0.254 e. The van der Waals surface area contributed by atoms with Crippen molar-refractivity contribution in [2.75, 3.05) is 13.2 Å². The molecule has 2 atom stereocenters. The molecule has 0 amide bonds. The molecule has 0 bridgehead atoms. The van der Waals surface area contributed by atoms with Gasteiger partial charge in [-0.05, 0) is 17.5 Å². The van der Waals surface area contributed by atoms with Gasteiger partial charge in [-0.25, -0.2) is 0 Å². The van der Waals surface area contributed by atoms with Gasteiger partial charge in [0.15, 0.2) is 0 Å². The molecule has 1 aliphatic rings. The Hall–Kier alpha value is 0.700. The van der Waals surface area contributed by atoms with Gasteiger partial charge in [-0.2, -0.15) is 26.3 Å². The van der Waals surface area contributed by atoms with Crippen LogP contribution in [0.1, 0.15) is 29.6 Å². The maximum atomic E-state index is 12.1. The third-order valence-corrected chi connectivity index (χ3v) is 6.20. The lowest BCUT2D eigenvalue weighted by molar-refractivity contribution is 0.308. The van der Waals surface area contributed by atoms with E-state index in [2.05, 4.69) is 17.8 Å². The van der Waals surface area contributed by atoms with Gasteiger partial charge in [0.1, 0.15) is 13.2 Å². The number of hydrogen-bond acceptors (Lipinski definition) is 6. The zero-order valence-corrected chi connectivity index (χ0v) is 20.3. The Labute approximate surface area is 198 Å². The van der Waals surface area contributed by atoms with Crippen LogP contribution in [-0.2, 0) is 29.0 Å². The molecule has 0 saturated heterocycles. The molecule has 0 aromatic heterocycles. The predicted molar refractivity (Wildman–Crippen MR) is 113 cm³/mol. The molecule has 0 aliphatic heterocycles. The normalized spacial score (nSPS) is 20.6. The molecule has 0 saturated carbocycles. The van der Waals surface area contributed by atoms with E-state index in [1.807, 2.05) is 0 Å². The summed E-state index contributed by atoms with van der Waals surface area (Å²) in [5, 5.41) is 0. The highest BCUT2D eigenvalue weighted by Gasteiger charge is 2.37. The van der Waals surface area contributed by atoms with Crippen molar-refractivity contribution in [1.82, 2.24) is 9.44 Å². The molecule has 166 valence electrons. The van der Waals surface area contributed by atoms with Crippen LogP contribution in [0.4, 0.5) is 0 Å². The summed E-state index contributed by atoms with van der Waals surface area (Å²) in [7, 11) is -8.60. The summed E-state index contributed by atoms with van der Waals surface area (Å²) in [4.78, 5) is 0. The van der Waals surface area contributed by atoms with Crippen molar-refractivity contribution in [1.29, 1.82) is 0 Å². The monoisotopic (exact) mass is 568 g/mol. The topological polar surface area (TPSA) is 111 Å². The van der Waals surface area contributed by atoms with Crippen molar-refractivity contribution in [3.63, 3.8) is 0 Å². The van der Waals surface area contributed by atoms with E-state index in [-0.39, 0.29) is 6.42 Å². The van der Waals surface area contributed by atoms with Crippen LogP contribution in [0.3, 0.4) is 0 Å². The van der Waals surface area contributed by atoms with Gasteiger partial charge in [0.25, 0.3) is 0 Å². The first-order valence-electron chi connectivity index (χ1n) is 7.63. The number of nitrogens with one attached hydrogen (secondary N) is 2. The summed E-state index contributed by atoms with van der Waals surface area (Å²) in [6.07, 6.45) is 0.0199. The molecule has 8 nitrogen and oxygen atoms in total. The van der Waals surface area contributed by atoms with Crippen molar-refractivity contribution < 1.29 is 25.2 Å². The van der Waals surface area contributed by atoms with Crippen LogP contribution in [0, 0.1) is 0 Å². The molecule has 0 unspecified atom stereocenters. The first-order valence-corrected chi connectivity index (χ1v) is 12.7. The number of halogens is 6. The van der Waals surface area contributed by atoms with Crippen LogP contribution in [0.25, 0.3) is 0 Å². The molecule has 0 spiro atoms. The Kier molecular flexibility index (Phi) is 8.66. The highest BCUT2D eigenvalue weighted by molar-refractivity contribution is 7.85. The second kappa shape index (κ2) is 9.68. The van der Waals surface area contributed by atoms with E-state index >= 15 is 0 Å². The SMILES string of the molecule is O=S(=O)(N[C@H]1C[C@H](NS(=O)(=O)OCC(Cl)(Cl)Cl)c2ccccc21)OCC(Cl)(Cl)Cl. The molecule has 1 aliphatic carbocycles. The lowest BCUT2D eigenvalue weighted by atomic mass is 10.1. The Morgan fingerprint density at radius 3 is 1.45 bits per heavy atom. The fraction of sp³-hybridized carbons (Fsp3) is 0.538. The standard InChI is InChI=1S/C13H14Cl6N2O6S2/c14-12(15,16)6-26-28(22,23)20-10-5-11(9-4-2-1-3-8(9)10)21-29(24,25)27-7-13(17,18)19/h1-4,10-11,20-21H,5-7H2/t10-,11-/m0/s1. The van der Waals surface area contributed by atoms with Gasteiger partial charge in [0.05, 0.1) is 12.1 Å². The zero-order chi connectivity index (χ0) is 22.1. The lowest BCUT2D eigenvalue weighted by Crippen LogP contribution is -2.33. The van der Waals surface area contributed by atoms with Gasteiger partial charge in [-0.15, -0.1) is 0 Å². The van der Waals surface area contributed by atoms with Gasteiger partial charge >= 0.3 is 20.6 Å².